The summed E-state index contributed by atoms with van der Waals surface area (Å²) in [6.07, 6.45) is 4.63. The van der Waals surface area contributed by atoms with Crippen molar-refractivity contribution in [2.24, 2.45) is 5.92 Å². The van der Waals surface area contributed by atoms with Crippen LogP contribution in [0, 0.1) is 5.92 Å². The molecule has 5 nitrogen and oxygen atoms in total. The molecule has 0 bridgehead atoms. The second-order valence-corrected chi connectivity index (χ2v) is 5.70. The second-order valence-electron chi connectivity index (χ2n) is 5.70. The lowest BCUT2D eigenvalue weighted by Gasteiger charge is -2.29. The van der Waals surface area contributed by atoms with Gasteiger partial charge in [-0.25, -0.2) is 9.59 Å². The number of carbonyl (C=O) groups is 2. The summed E-state index contributed by atoms with van der Waals surface area (Å²) in [5.41, 5.74) is 1.13. The molecular weight excluding hydrogens is 268 g/mol. The molecule has 5 heteroatoms. The lowest BCUT2D eigenvalue weighted by Crippen LogP contribution is -2.45. The molecule has 1 aromatic rings. The second kappa shape index (κ2) is 7.11. The summed E-state index contributed by atoms with van der Waals surface area (Å²) in [6, 6.07) is 6.62. The Morgan fingerprint density at radius 2 is 1.86 bits per heavy atom. The molecule has 1 aromatic carbocycles. The van der Waals surface area contributed by atoms with Gasteiger partial charge >= 0.3 is 12.0 Å². The monoisotopic (exact) mass is 290 g/mol. The first-order chi connectivity index (χ1) is 10.1. The Labute approximate surface area is 124 Å². The number of carboxylic acid groups (broad SMARTS) is 1. The van der Waals surface area contributed by atoms with E-state index in [9.17, 15) is 9.59 Å². The average molecular weight is 290 g/mol. The van der Waals surface area contributed by atoms with Crippen molar-refractivity contribution in [2.75, 3.05) is 0 Å². The summed E-state index contributed by atoms with van der Waals surface area (Å²) in [4.78, 5) is 22.6. The highest BCUT2D eigenvalue weighted by Gasteiger charge is 2.22. The summed E-state index contributed by atoms with van der Waals surface area (Å²) in [5, 5.41) is 14.7. The lowest BCUT2D eigenvalue weighted by atomic mass is 9.86. The van der Waals surface area contributed by atoms with Crippen LogP contribution in [-0.4, -0.2) is 23.1 Å². The normalized spacial score (nSPS) is 21.6. The number of rotatable bonds is 4. The smallest absolute Gasteiger partial charge is 0.335 e. The van der Waals surface area contributed by atoms with Gasteiger partial charge in [-0.2, -0.15) is 0 Å². The fraction of sp³-hybridized carbons (Fsp3) is 0.500. The maximum absolute atomic E-state index is 11.9. The Morgan fingerprint density at radius 3 is 2.48 bits per heavy atom. The summed E-state index contributed by atoms with van der Waals surface area (Å²) in [6.45, 7) is 2.57. The summed E-state index contributed by atoms with van der Waals surface area (Å²) in [5.74, 6) is -0.419. The molecule has 2 unspecified atom stereocenters. The topological polar surface area (TPSA) is 78.4 Å². The van der Waals surface area contributed by atoms with Gasteiger partial charge in [0.1, 0.15) is 0 Å². The van der Waals surface area contributed by atoms with Crippen LogP contribution in [0.25, 0.3) is 0 Å². The highest BCUT2D eigenvalue weighted by molar-refractivity contribution is 5.87. The van der Waals surface area contributed by atoms with E-state index in [0.717, 1.165) is 12.0 Å². The van der Waals surface area contributed by atoms with Gasteiger partial charge in [0, 0.05) is 12.6 Å². The minimum atomic E-state index is -0.946. The number of hydrogen-bond donors (Lipinski definition) is 3. The number of urea groups is 1. The van der Waals surface area contributed by atoms with E-state index in [-0.39, 0.29) is 17.6 Å². The molecule has 21 heavy (non-hydrogen) atoms. The van der Waals surface area contributed by atoms with Crippen LogP contribution in [0.2, 0.25) is 0 Å². The van der Waals surface area contributed by atoms with Crippen LogP contribution in [0.3, 0.4) is 0 Å². The number of carboxylic acids is 1. The van der Waals surface area contributed by atoms with Gasteiger partial charge in [0.15, 0.2) is 0 Å². The fourth-order valence-corrected chi connectivity index (χ4v) is 2.70. The maximum atomic E-state index is 11.9. The van der Waals surface area contributed by atoms with Crippen LogP contribution in [0.15, 0.2) is 24.3 Å². The van der Waals surface area contributed by atoms with E-state index in [0.29, 0.717) is 12.5 Å². The Morgan fingerprint density at radius 1 is 1.19 bits per heavy atom. The van der Waals surface area contributed by atoms with Crippen LogP contribution in [0.4, 0.5) is 4.79 Å². The zero-order valence-electron chi connectivity index (χ0n) is 12.3. The van der Waals surface area contributed by atoms with E-state index in [1.807, 2.05) is 0 Å². The Balaban J connectivity index is 1.79. The van der Waals surface area contributed by atoms with Crippen molar-refractivity contribution in [3.05, 3.63) is 35.4 Å². The highest BCUT2D eigenvalue weighted by atomic mass is 16.4. The van der Waals surface area contributed by atoms with Gasteiger partial charge in [0.05, 0.1) is 5.56 Å². The number of carbonyl (C=O) groups excluding carboxylic acids is 1. The van der Waals surface area contributed by atoms with Gasteiger partial charge in [-0.3, -0.25) is 0 Å². The van der Waals surface area contributed by atoms with Crippen molar-refractivity contribution < 1.29 is 14.7 Å². The van der Waals surface area contributed by atoms with Gasteiger partial charge in [-0.05, 0) is 36.5 Å². The molecule has 0 radical (unpaired) electrons. The molecule has 2 atom stereocenters. The Kier molecular flexibility index (Phi) is 5.20. The Bertz CT molecular complexity index is 499. The SMILES string of the molecule is CC1CCCCC1NC(=O)NCc1ccc(C(=O)O)cc1. The average Bonchev–Trinajstić information content (AvgIpc) is 2.48. The Hall–Kier alpha value is -2.04. The van der Waals surface area contributed by atoms with Gasteiger partial charge < -0.3 is 15.7 Å². The van der Waals surface area contributed by atoms with E-state index in [2.05, 4.69) is 17.6 Å². The van der Waals surface area contributed by atoms with Crippen LogP contribution in [0.5, 0.6) is 0 Å². The number of hydrogen-bond acceptors (Lipinski definition) is 2. The predicted octanol–water partition coefficient (Wildman–Crippen LogP) is 2.76. The van der Waals surface area contributed by atoms with Crippen LogP contribution in [-0.2, 0) is 6.54 Å². The number of amides is 2. The van der Waals surface area contributed by atoms with Gasteiger partial charge in [0.2, 0.25) is 0 Å². The number of aromatic carboxylic acids is 1. The van der Waals surface area contributed by atoms with Crippen LogP contribution < -0.4 is 10.6 Å². The van der Waals surface area contributed by atoms with Crippen molar-refractivity contribution in [1.29, 1.82) is 0 Å². The standard InChI is InChI=1S/C16H22N2O3/c1-11-4-2-3-5-14(11)18-16(21)17-10-12-6-8-13(9-7-12)15(19)20/h6-9,11,14H,2-5,10H2,1H3,(H,19,20)(H2,17,18,21). The first-order valence-corrected chi connectivity index (χ1v) is 7.43. The zero-order chi connectivity index (χ0) is 15.2. The highest BCUT2D eigenvalue weighted by Crippen LogP contribution is 2.23. The molecule has 0 aromatic heterocycles. The molecule has 3 N–H and O–H groups in total. The van der Waals surface area contributed by atoms with Gasteiger partial charge in [-0.15, -0.1) is 0 Å². The first-order valence-electron chi connectivity index (χ1n) is 7.43. The minimum absolute atomic E-state index is 0.156. The third kappa shape index (κ3) is 4.48. The quantitative estimate of drug-likeness (QED) is 0.798. The first kappa shape index (κ1) is 15.4. The van der Waals surface area contributed by atoms with E-state index in [1.165, 1.54) is 19.3 Å². The molecule has 1 aliphatic rings. The molecule has 2 rings (SSSR count). The predicted molar refractivity (Wildman–Crippen MR) is 80.2 cm³/mol. The molecule has 2 amide bonds. The minimum Gasteiger partial charge on any atom is -0.478 e. The van der Waals surface area contributed by atoms with E-state index >= 15 is 0 Å². The molecule has 114 valence electrons. The molecule has 1 aliphatic carbocycles. The molecular formula is C16H22N2O3. The van der Waals surface area contributed by atoms with Gasteiger partial charge in [-0.1, -0.05) is 31.9 Å². The van der Waals surface area contributed by atoms with Crippen LogP contribution in [0.1, 0.15) is 48.5 Å². The fourth-order valence-electron chi connectivity index (χ4n) is 2.70. The van der Waals surface area contributed by atoms with Crippen molar-refractivity contribution >= 4 is 12.0 Å². The zero-order valence-corrected chi connectivity index (χ0v) is 12.3. The summed E-state index contributed by atoms with van der Waals surface area (Å²) < 4.78 is 0. The van der Waals surface area contributed by atoms with Crippen molar-refractivity contribution in [2.45, 2.75) is 45.2 Å². The van der Waals surface area contributed by atoms with Gasteiger partial charge in [0.25, 0.3) is 0 Å². The maximum Gasteiger partial charge on any atom is 0.335 e. The lowest BCUT2D eigenvalue weighted by molar-refractivity contribution is 0.0697. The number of benzene rings is 1. The third-order valence-electron chi connectivity index (χ3n) is 4.08. The molecule has 0 heterocycles. The molecule has 0 aliphatic heterocycles. The molecule has 0 saturated heterocycles. The largest absolute Gasteiger partial charge is 0.478 e. The number of nitrogens with one attached hydrogen (secondary N) is 2. The van der Waals surface area contributed by atoms with Crippen molar-refractivity contribution in [3.8, 4) is 0 Å². The third-order valence-corrected chi connectivity index (χ3v) is 4.08. The summed E-state index contributed by atoms with van der Waals surface area (Å²) >= 11 is 0. The molecule has 1 fully saturated rings. The summed E-state index contributed by atoms with van der Waals surface area (Å²) in [7, 11) is 0. The van der Waals surface area contributed by atoms with Crippen LogP contribution >= 0.6 is 0 Å². The van der Waals surface area contributed by atoms with E-state index in [4.69, 9.17) is 5.11 Å². The van der Waals surface area contributed by atoms with Crippen molar-refractivity contribution in [1.82, 2.24) is 10.6 Å². The van der Waals surface area contributed by atoms with E-state index < -0.39 is 5.97 Å². The molecule has 0 spiro atoms. The van der Waals surface area contributed by atoms with Crippen molar-refractivity contribution in [3.63, 3.8) is 0 Å². The molecule has 1 saturated carbocycles. The van der Waals surface area contributed by atoms with E-state index in [1.54, 1.807) is 24.3 Å².